The van der Waals surface area contributed by atoms with Crippen LogP contribution in [0.2, 0.25) is 0 Å². The zero-order valence-electron chi connectivity index (χ0n) is 10.3. The number of benzene rings is 1. The molecule has 1 nitrogen and oxygen atoms in total. The zero-order valence-corrected chi connectivity index (χ0v) is 10.3. The van der Waals surface area contributed by atoms with Gasteiger partial charge in [-0.05, 0) is 22.5 Å². The van der Waals surface area contributed by atoms with Gasteiger partial charge in [-0.15, -0.1) is 0 Å². The molecule has 2 atom stereocenters. The molecule has 1 N–H and O–H groups in total. The van der Waals surface area contributed by atoms with Gasteiger partial charge in [0.1, 0.15) is 0 Å². The van der Waals surface area contributed by atoms with E-state index >= 15 is 0 Å². The Morgan fingerprint density at radius 1 is 1.19 bits per heavy atom. The number of rotatable bonds is 1. The standard InChI is InChI=1S/C15H20O/c1-15(2,3)14-9-8-11-6-4-5-7-12(11)13(14)10-16/h4-9,13-14,16H,10H2,1-3H3/t13-,14-/m0/s1. The Morgan fingerprint density at radius 2 is 1.88 bits per heavy atom. The summed E-state index contributed by atoms with van der Waals surface area (Å²) in [7, 11) is 0. The first-order valence-electron chi connectivity index (χ1n) is 5.92. The van der Waals surface area contributed by atoms with E-state index in [0.717, 1.165) is 0 Å². The molecule has 0 saturated heterocycles. The Labute approximate surface area is 97.8 Å². The molecule has 0 saturated carbocycles. The minimum absolute atomic E-state index is 0.192. The van der Waals surface area contributed by atoms with E-state index in [0.29, 0.717) is 5.92 Å². The molecule has 1 aliphatic carbocycles. The lowest BCUT2D eigenvalue weighted by Gasteiger charge is -2.37. The number of fused-ring (bicyclic) bond motifs is 1. The van der Waals surface area contributed by atoms with Gasteiger partial charge in [-0.2, -0.15) is 0 Å². The summed E-state index contributed by atoms with van der Waals surface area (Å²) < 4.78 is 0. The summed E-state index contributed by atoms with van der Waals surface area (Å²) in [5.41, 5.74) is 2.73. The number of allylic oxidation sites excluding steroid dienone is 1. The van der Waals surface area contributed by atoms with Crippen molar-refractivity contribution in [3.63, 3.8) is 0 Å². The van der Waals surface area contributed by atoms with Gasteiger partial charge >= 0.3 is 0 Å². The SMILES string of the molecule is CC(C)(C)[C@H]1C=Cc2ccccc2[C@@H]1CO. The summed E-state index contributed by atoms with van der Waals surface area (Å²) in [4.78, 5) is 0. The summed E-state index contributed by atoms with van der Waals surface area (Å²) in [6.45, 7) is 6.93. The van der Waals surface area contributed by atoms with Gasteiger partial charge in [0.2, 0.25) is 0 Å². The van der Waals surface area contributed by atoms with Crippen molar-refractivity contribution in [3.05, 3.63) is 41.5 Å². The molecule has 1 heteroatoms. The second kappa shape index (κ2) is 4.06. The average Bonchev–Trinajstić information content (AvgIpc) is 2.26. The minimum Gasteiger partial charge on any atom is -0.396 e. The van der Waals surface area contributed by atoms with E-state index in [1.54, 1.807) is 0 Å². The lowest BCUT2D eigenvalue weighted by atomic mass is 9.68. The zero-order chi connectivity index (χ0) is 11.8. The second-order valence-corrected chi connectivity index (χ2v) is 5.67. The molecule has 0 unspecified atom stereocenters. The first kappa shape index (κ1) is 11.4. The molecule has 86 valence electrons. The minimum atomic E-state index is 0.192. The van der Waals surface area contributed by atoms with Gasteiger partial charge in [0, 0.05) is 5.92 Å². The predicted octanol–water partition coefficient (Wildman–Crippen LogP) is 3.45. The Morgan fingerprint density at radius 3 is 2.50 bits per heavy atom. The van der Waals surface area contributed by atoms with E-state index in [4.69, 9.17) is 0 Å². The van der Waals surface area contributed by atoms with Crippen molar-refractivity contribution in [1.29, 1.82) is 0 Å². The molecule has 0 radical (unpaired) electrons. The van der Waals surface area contributed by atoms with Crippen LogP contribution in [0.1, 0.15) is 37.8 Å². The highest BCUT2D eigenvalue weighted by atomic mass is 16.3. The van der Waals surface area contributed by atoms with Gasteiger partial charge in [-0.25, -0.2) is 0 Å². The third kappa shape index (κ3) is 1.92. The summed E-state index contributed by atoms with van der Waals surface area (Å²) >= 11 is 0. The van der Waals surface area contributed by atoms with Crippen LogP contribution >= 0.6 is 0 Å². The third-order valence-corrected chi connectivity index (χ3v) is 3.51. The second-order valence-electron chi connectivity index (χ2n) is 5.67. The lowest BCUT2D eigenvalue weighted by molar-refractivity contribution is 0.174. The summed E-state index contributed by atoms with van der Waals surface area (Å²) in [6, 6.07) is 8.36. The van der Waals surface area contributed by atoms with Gasteiger partial charge < -0.3 is 5.11 Å². The van der Waals surface area contributed by atoms with E-state index in [1.807, 2.05) is 0 Å². The number of aliphatic hydroxyl groups excluding tert-OH is 1. The maximum atomic E-state index is 9.64. The van der Waals surface area contributed by atoms with Crippen molar-refractivity contribution >= 4 is 6.08 Å². The van der Waals surface area contributed by atoms with Crippen molar-refractivity contribution in [2.75, 3.05) is 6.61 Å². The van der Waals surface area contributed by atoms with Crippen LogP contribution in [0.15, 0.2) is 30.3 Å². The van der Waals surface area contributed by atoms with Crippen LogP contribution in [0.25, 0.3) is 6.08 Å². The van der Waals surface area contributed by atoms with Crippen molar-refractivity contribution in [2.24, 2.45) is 11.3 Å². The first-order chi connectivity index (χ1) is 7.54. The average molecular weight is 216 g/mol. The van der Waals surface area contributed by atoms with Crippen LogP contribution < -0.4 is 0 Å². The molecular weight excluding hydrogens is 196 g/mol. The van der Waals surface area contributed by atoms with Crippen LogP contribution in [-0.2, 0) is 0 Å². The van der Waals surface area contributed by atoms with Crippen LogP contribution in [-0.4, -0.2) is 11.7 Å². The third-order valence-electron chi connectivity index (χ3n) is 3.51. The van der Waals surface area contributed by atoms with E-state index < -0.39 is 0 Å². The maximum absolute atomic E-state index is 9.64. The van der Waals surface area contributed by atoms with E-state index in [-0.39, 0.29) is 17.9 Å². The van der Waals surface area contributed by atoms with Gasteiger partial charge in [0.25, 0.3) is 0 Å². The molecule has 0 bridgehead atoms. The van der Waals surface area contributed by atoms with Gasteiger partial charge in [0.15, 0.2) is 0 Å². The molecule has 0 aromatic heterocycles. The smallest absolute Gasteiger partial charge is 0.0505 e. The predicted molar refractivity (Wildman–Crippen MR) is 68.2 cm³/mol. The van der Waals surface area contributed by atoms with Crippen molar-refractivity contribution < 1.29 is 5.11 Å². The topological polar surface area (TPSA) is 20.2 Å². The first-order valence-corrected chi connectivity index (χ1v) is 5.92. The van der Waals surface area contributed by atoms with Gasteiger partial charge in [-0.3, -0.25) is 0 Å². The molecule has 0 spiro atoms. The molecule has 0 fully saturated rings. The number of aliphatic hydroxyl groups is 1. The Kier molecular flexibility index (Phi) is 2.90. The Balaban J connectivity index is 2.44. The molecule has 0 amide bonds. The highest BCUT2D eigenvalue weighted by Crippen LogP contribution is 2.43. The van der Waals surface area contributed by atoms with E-state index in [2.05, 4.69) is 57.2 Å². The van der Waals surface area contributed by atoms with Crippen molar-refractivity contribution in [3.8, 4) is 0 Å². The van der Waals surface area contributed by atoms with E-state index in [1.165, 1.54) is 11.1 Å². The van der Waals surface area contributed by atoms with Crippen LogP contribution in [0, 0.1) is 11.3 Å². The summed E-state index contributed by atoms with van der Waals surface area (Å²) in [6.07, 6.45) is 4.45. The fraction of sp³-hybridized carbons (Fsp3) is 0.467. The lowest BCUT2D eigenvalue weighted by Crippen LogP contribution is -2.29. The fourth-order valence-electron chi connectivity index (χ4n) is 2.64. The Bertz CT molecular complexity index is 398. The molecule has 16 heavy (non-hydrogen) atoms. The van der Waals surface area contributed by atoms with Crippen LogP contribution in [0.4, 0.5) is 0 Å². The van der Waals surface area contributed by atoms with E-state index in [9.17, 15) is 5.11 Å². The molecule has 1 aliphatic rings. The summed E-state index contributed by atoms with van der Waals surface area (Å²) in [5, 5.41) is 9.64. The molecule has 0 aliphatic heterocycles. The Hall–Kier alpha value is -1.08. The maximum Gasteiger partial charge on any atom is 0.0505 e. The molecule has 1 aromatic rings. The van der Waals surface area contributed by atoms with Crippen molar-refractivity contribution in [2.45, 2.75) is 26.7 Å². The normalized spacial score (nSPS) is 24.2. The van der Waals surface area contributed by atoms with Crippen molar-refractivity contribution in [1.82, 2.24) is 0 Å². The van der Waals surface area contributed by atoms with Gasteiger partial charge in [0.05, 0.1) is 6.61 Å². The highest BCUT2D eigenvalue weighted by molar-refractivity contribution is 5.58. The summed E-state index contributed by atoms with van der Waals surface area (Å²) in [5.74, 6) is 0.647. The molecule has 0 heterocycles. The largest absolute Gasteiger partial charge is 0.396 e. The fourth-order valence-corrected chi connectivity index (χ4v) is 2.64. The van der Waals surface area contributed by atoms with Crippen LogP contribution in [0.3, 0.4) is 0 Å². The quantitative estimate of drug-likeness (QED) is 0.762. The highest BCUT2D eigenvalue weighted by Gasteiger charge is 2.33. The van der Waals surface area contributed by atoms with Crippen LogP contribution in [0.5, 0.6) is 0 Å². The molecular formula is C15H20O. The molecule has 2 rings (SSSR count). The number of hydrogen-bond donors (Lipinski definition) is 1. The molecule has 1 aromatic carbocycles. The van der Waals surface area contributed by atoms with Gasteiger partial charge in [-0.1, -0.05) is 57.2 Å². The monoisotopic (exact) mass is 216 g/mol. The number of hydrogen-bond acceptors (Lipinski definition) is 1.